The second kappa shape index (κ2) is 9.23. The van der Waals surface area contributed by atoms with Gasteiger partial charge in [-0.15, -0.1) is 0 Å². The lowest BCUT2D eigenvalue weighted by Crippen LogP contribution is -2.37. The smallest absolute Gasteiger partial charge is 0.329 e. The molecule has 0 bridgehead atoms. The van der Waals surface area contributed by atoms with E-state index in [1.54, 1.807) is 9.47 Å². The molecular formula is C22H25N3O4. The van der Waals surface area contributed by atoms with Crippen LogP contribution in [0.2, 0.25) is 0 Å². The molecule has 2 aromatic carbocycles. The third-order valence-corrected chi connectivity index (χ3v) is 4.92. The fourth-order valence-electron chi connectivity index (χ4n) is 3.48. The van der Waals surface area contributed by atoms with Crippen molar-refractivity contribution in [2.75, 3.05) is 6.54 Å². The fraction of sp³-hybridized carbons (Fsp3) is 0.318. The van der Waals surface area contributed by atoms with Crippen molar-refractivity contribution in [3.05, 3.63) is 70.6 Å². The number of carboxylic acids is 1. The number of nitrogens with zero attached hydrogens (tertiary/aromatic N) is 3. The molecule has 1 amide bonds. The predicted molar refractivity (Wildman–Crippen MR) is 111 cm³/mol. The molecule has 29 heavy (non-hydrogen) atoms. The quantitative estimate of drug-likeness (QED) is 0.604. The largest absolute Gasteiger partial charge is 0.481 e. The first-order chi connectivity index (χ1) is 14.0. The highest BCUT2D eigenvalue weighted by Gasteiger charge is 2.19. The number of benzene rings is 2. The lowest BCUT2D eigenvalue weighted by atomic mass is 10.2. The predicted octanol–water partition coefficient (Wildman–Crippen LogP) is 2.72. The summed E-state index contributed by atoms with van der Waals surface area (Å²) in [6.07, 6.45) is 0.354. The van der Waals surface area contributed by atoms with Crippen molar-refractivity contribution in [2.45, 2.75) is 39.4 Å². The summed E-state index contributed by atoms with van der Waals surface area (Å²) in [4.78, 5) is 38.4. The van der Waals surface area contributed by atoms with Crippen LogP contribution in [0.25, 0.3) is 11.0 Å². The van der Waals surface area contributed by atoms with Gasteiger partial charge in [0.2, 0.25) is 5.91 Å². The number of rotatable bonds is 9. The molecule has 1 aromatic heterocycles. The van der Waals surface area contributed by atoms with E-state index >= 15 is 0 Å². The minimum atomic E-state index is -0.889. The van der Waals surface area contributed by atoms with Crippen LogP contribution in [0.3, 0.4) is 0 Å². The van der Waals surface area contributed by atoms with Gasteiger partial charge in [0, 0.05) is 26.1 Å². The minimum Gasteiger partial charge on any atom is -0.481 e. The molecule has 0 spiro atoms. The zero-order chi connectivity index (χ0) is 20.8. The average molecular weight is 395 g/mol. The van der Waals surface area contributed by atoms with Gasteiger partial charge in [0.05, 0.1) is 11.0 Å². The van der Waals surface area contributed by atoms with Gasteiger partial charge in [-0.1, -0.05) is 42.5 Å². The first kappa shape index (κ1) is 20.4. The maximum atomic E-state index is 13.1. The summed E-state index contributed by atoms with van der Waals surface area (Å²) in [7, 11) is 0. The number of hydrogen-bond acceptors (Lipinski definition) is 3. The van der Waals surface area contributed by atoms with E-state index in [1.807, 2.05) is 61.5 Å². The van der Waals surface area contributed by atoms with Crippen molar-refractivity contribution in [3.63, 3.8) is 0 Å². The van der Waals surface area contributed by atoms with Gasteiger partial charge in [-0.3, -0.25) is 18.7 Å². The topological polar surface area (TPSA) is 84.5 Å². The molecule has 7 heteroatoms. The van der Waals surface area contributed by atoms with Gasteiger partial charge in [-0.05, 0) is 31.0 Å². The summed E-state index contributed by atoms with van der Waals surface area (Å²) >= 11 is 0. The van der Waals surface area contributed by atoms with Gasteiger partial charge in [0.25, 0.3) is 0 Å². The van der Waals surface area contributed by atoms with Crippen LogP contribution in [0.5, 0.6) is 0 Å². The third kappa shape index (κ3) is 4.74. The number of carbonyl (C=O) groups excluding carboxylic acids is 1. The van der Waals surface area contributed by atoms with Crippen LogP contribution >= 0.6 is 0 Å². The first-order valence-electron chi connectivity index (χ1n) is 9.72. The molecule has 0 atom stereocenters. The van der Waals surface area contributed by atoms with Crippen LogP contribution in [0.15, 0.2) is 59.4 Å². The van der Waals surface area contributed by atoms with Crippen molar-refractivity contribution in [1.29, 1.82) is 0 Å². The number of carbonyl (C=O) groups is 2. The summed E-state index contributed by atoms with van der Waals surface area (Å²) in [5.41, 5.74) is 2.26. The lowest BCUT2D eigenvalue weighted by Gasteiger charge is -2.23. The second-order valence-corrected chi connectivity index (χ2v) is 6.90. The number of aryl methyl sites for hydroxylation is 1. The molecule has 0 radical (unpaired) electrons. The third-order valence-electron chi connectivity index (χ3n) is 4.92. The lowest BCUT2D eigenvalue weighted by molar-refractivity contribution is -0.138. The number of aromatic nitrogens is 2. The number of amides is 1. The number of fused-ring (bicyclic) bond motifs is 1. The zero-order valence-electron chi connectivity index (χ0n) is 16.5. The summed E-state index contributed by atoms with van der Waals surface area (Å²) in [6, 6.07) is 17.0. The summed E-state index contributed by atoms with van der Waals surface area (Å²) in [5.74, 6) is -1.10. The highest BCUT2D eigenvalue weighted by molar-refractivity contribution is 5.81. The Kier molecular flexibility index (Phi) is 6.49. The second-order valence-electron chi connectivity index (χ2n) is 6.90. The van der Waals surface area contributed by atoms with Crippen molar-refractivity contribution >= 4 is 22.9 Å². The van der Waals surface area contributed by atoms with E-state index < -0.39 is 5.97 Å². The van der Waals surface area contributed by atoms with Crippen molar-refractivity contribution in [3.8, 4) is 0 Å². The molecule has 7 nitrogen and oxygen atoms in total. The Morgan fingerprint density at radius 3 is 2.21 bits per heavy atom. The standard InChI is InChI=1S/C22H25N3O4/c1-2-24-18-11-6-7-12-19(18)25(22(24)29)16-20(26)23(14-8-13-21(27)28)15-17-9-4-3-5-10-17/h3-7,9-12H,2,8,13-16H2,1H3,(H,27,28). The van der Waals surface area contributed by atoms with Gasteiger partial charge in [0.15, 0.2) is 0 Å². The molecule has 0 aliphatic carbocycles. The van der Waals surface area contributed by atoms with Gasteiger partial charge >= 0.3 is 11.7 Å². The molecule has 1 N–H and O–H groups in total. The number of para-hydroxylation sites is 2. The molecule has 0 unspecified atom stereocenters. The Hall–Kier alpha value is -3.35. The molecule has 152 valence electrons. The molecule has 0 aliphatic rings. The highest BCUT2D eigenvalue weighted by Crippen LogP contribution is 2.14. The average Bonchev–Trinajstić information content (AvgIpc) is 2.98. The Balaban J connectivity index is 1.86. The van der Waals surface area contributed by atoms with E-state index in [9.17, 15) is 14.4 Å². The van der Waals surface area contributed by atoms with Crippen molar-refractivity contribution in [2.24, 2.45) is 0 Å². The molecule has 3 rings (SSSR count). The Labute approximate surface area is 168 Å². The Bertz CT molecular complexity index is 1050. The van der Waals surface area contributed by atoms with Crippen molar-refractivity contribution in [1.82, 2.24) is 14.0 Å². The first-order valence-corrected chi connectivity index (χ1v) is 9.72. The molecule has 0 fully saturated rings. The summed E-state index contributed by atoms with van der Waals surface area (Å²) in [6.45, 7) is 3.04. The van der Waals surface area contributed by atoms with E-state index in [0.717, 1.165) is 16.6 Å². The fourth-order valence-corrected chi connectivity index (χ4v) is 3.48. The van der Waals surface area contributed by atoms with E-state index in [-0.39, 0.29) is 24.6 Å². The molecule has 3 aromatic rings. The monoisotopic (exact) mass is 395 g/mol. The van der Waals surface area contributed by atoms with Gasteiger partial charge in [-0.25, -0.2) is 4.79 Å². The molecular weight excluding hydrogens is 370 g/mol. The van der Waals surface area contributed by atoms with Crippen molar-refractivity contribution < 1.29 is 14.7 Å². The number of imidazole rings is 1. The van der Waals surface area contributed by atoms with Gasteiger partial charge in [-0.2, -0.15) is 0 Å². The van der Waals surface area contributed by atoms with E-state index in [1.165, 1.54) is 4.57 Å². The summed E-state index contributed by atoms with van der Waals surface area (Å²) in [5, 5.41) is 8.92. The Morgan fingerprint density at radius 2 is 1.59 bits per heavy atom. The normalized spacial score (nSPS) is 10.9. The number of carboxylic acid groups (broad SMARTS) is 1. The highest BCUT2D eigenvalue weighted by atomic mass is 16.4. The van der Waals surface area contributed by atoms with Crippen LogP contribution in [-0.4, -0.2) is 37.6 Å². The van der Waals surface area contributed by atoms with Crippen LogP contribution < -0.4 is 5.69 Å². The number of hydrogen-bond donors (Lipinski definition) is 1. The van der Waals surface area contributed by atoms with Crippen LogP contribution in [0, 0.1) is 0 Å². The van der Waals surface area contributed by atoms with Gasteiger partial charge in [0.1, 0.15) is 6.54 Å². The molecule has 1 heterocycles. The van der Waals surface area contributed by atoms with E-state index in [2.05, 4.69) is 0 Å². The van der Waals surface area contributed by atoms with E-state index in [0.29, 0.717) is 26.1 Å². The maximum absolute atomic E-state index is 13.1. The maximum Gasteiger partial charge on any atom is 0.329 e. The summed E-state index contributed by atoms with van der Waals surface area (Å²) < 4.78 is 3.14. The molecule has 0 aliphatic heterocycles. The number of aliphatic carboxylic acids is 1. The van der Waals surface area contributed by atoms with Gasteiger partial charge < -0.3 is 10.0 Å². The SMILES string of the molecule is CCn1c(=O)n(CC(=O)N(CCCC(=O)O)Cc2ccccc2)c2ccccc21. The van der Waals surface area contributed by atoms with E-state index in [4.69, 9.17) is 5.11 Å². The van der Waals surface area contributed by atoms with Crippen LogP contribution in [0.1, 0.15) is 25.3 Å². The zero-order valence-corrected chi connectivity index (χ0v) is 16.5. The van der Waals surface area contributed by atoms with Crippen LogP contribution in [0.4, 0.5) is 0 Å². The van der Waals surface area contributed by atoms with Crippen LogP contribution in [-0.2, 0) is 29.2 Å². The minimum absolute atomic E-state index is 0.00629. The Morgan fingerprint density at radius 1 is 0.966 bits per heavy atom. The molecule has 0 saturated heterocycles. The molecule has 0 saturated carbocycles.